The number of thiazole rings is 1. The van der Waals surface area contributed by atoms with Crippen LogP contribution in [0.15, 0.2) is 28.1 Å². The van der Waals surface area contributed by atoms with E-state index in [0.29, 0.717) is 35.8 Å². The minimum absolute atomic E-state index is 0.0181. The normalized spacial score (nSPS) is 22.0. The van der Waals surface area contributed by atoms with Crippen LogP contribution in [0.4, 0.5) is 10.8 Å². The maximum absolute atomic E-state index is 13.0. The SMILES string of the molecule is CC(C)(C)OC(=O)N1C2CCC1CN(c1nc3cc(C(=O)N4CCC4)cc(-c4nccs4)c3o1)C2. The Morgan fingerprint density at radius 1 is 1.14 bits per heavy atom. The van der Waals surface area contributed by atoms with Crippen molar-refractivity contribution in [1.29, 1.82) is 0 Å². The number of nitrogens with zero attached hydrogens (tertiary/aromatic N) is 5. The maximum Gasteiger partial charge on any atom is 0.410 e. The largest absolute Gasteiger partial charge is 0.444 e. The zero-order chi connectivity index (χ0) is 24.3. The number of hydrogen-bond donors (Lipinski definition) is 0. The number of ether oxygens (including phenoxy) is 1. The van der Waals surface area contributed by atoms with Gasteiger partial charge in [0.1, 0.15) is 16.1 Å². The molecule has 0 aliphatic carbocycles. The van der Waals surface area contributed by atoms with E-state index < -0.39 is 5.60 Å². The number of hydrogen-bond acceptors (Lipinski definition) is 8. The van der Waals surface area contributed by atoms with Gasteiger partial charge in [-0.1, -0.05) is 0 Å². The average Bonchev–Trinajstić information content (AvgIpc) is 3.48. The monoisotopic (exact) mass is 495 g/mol. The summed E-state index contributed by atoms with van der Waals surface area (Å²) < 4.78 is 12.0. The number of piperazine rings is 1. The fourth-order valence-corrected chi connectivity index (χ4v) is 5.82. The van der Waals surface area contributed by atoms with Crippen molar-refractivity contribution in [2.75, 3.05) is 31.1 Å². The van der Waals surface area contributed by atoms with E-state index in [4.69, 9.17) is 14.1 Å². The Kier molecular flexibility index (Phi) is 5.24. The summed E-state index contributed by atoms with van der Waals surface area (Å²) in [5, 5.41) is 2.71. The Hall–Kier alpha value is -3.14. The first-order valence-corrected chi connectivity index (χ1v) is 13.0. The Morgan fingerprint density at radius 3 is 2.49 bits per heavy atom. The first kappa shape index (κ1) is 22.3. The summed E-state index contributed by atoms with van der Waals surface area (Å²) >= 11 is 1.51. The zero-order valence-corrected chi connectivity index (χ0v) is 21.0. The van der Waals surface area contributed by atoms with Gasteiger partial charge in [-0.25, -0.2) is 9.78 Å². The highest BCUT2D eigenvalue weighted by atomic mass is 32.1. The Labute approximate surface area is 207 Å². The van der Waals surface area contributed by atoms with Crippen molar-refractivity contribution in [2.45, 2.75) is 57.7 Å². The van der Waals surface area contributed by atoms with Gasteiger partial charge in [0.2, 0.25) is 0 Å². The van der Waals surface area contributed by atoms with Crippen LogP contribution in [0.3, 0.4) is 0 Å². The second kappa shape index (κ2) is 8.22. The fourth-order valence-electron chi connectivity index (χ4n) is 5.17. The van der Waals surface area contributed by atoms with Gasteiger partial charge in [0, 0.05) is 43.3 Å². The van der Waals surface area contributed by atoms with Gasteiger partial charge < -0.3 is 19.0 Å². The van der Waals surface area contributed by atoms with Crippen molar-refractivity contribution >= 4 is 40.5 Å². The van der Waals surface area contributed by atoms with E-state index in [-0.39, 0.29) is 24.1 Å². The first-order chi connectivity index (χ1) is 16.8. The molecule has 2 amide bonds. The lowest BCUT2D eigenvalue weighted by atomic mass is 10.1. The number of benzene rings is 1. The van der Waals surface area contributed by atoms with Crippen molar-refractivity contribution in [2.24, 2.45) is 0 Å². The second-order valence-corrected chi connectivity index (χ2v) is 11.4. The predicted molar refractivity (Wildman–Crippen MR) is 133 cm³/mol. The molecule has 3 fully saturated rings. The van der Waals surface area contributed by atoms with Crippen molar-refractivity contribution in [1.82, 2.24) is 19.8 Å². The highest BCUT2D eigenvalue weighted by molar-refractivity contribution is 7.13. The van der Waals surface area contributed by atoms with E-state index in [1.54, 1.807) is 6.20 Å². The lowest BCUT2D eigenvalue weighted by Gasteiger charge is -2.40. The van der Waals surface area contributed by atoms with Gasteiger partial charge in [-0.3, -0.25) is 9.69 Å². The van der Waals surface area contributed by atoms with E-state index in [2.05, 4.69) is 9.88 Å². The Morgan fingerprint density at radius 2 is 1.89 bits per heavy atom. The maximum atomic E-state index is 13.0. The summed E-state index contributed by atoms with van der Waals surface area (Å²) in [7, 11) is 0. The van der Waals surface area contributed by atoms with Crippen LogP contribution in [-0.4, -0.2) is 75.6 Å². The van der Waals surface area contributed by atoms with Gasteiger partial charge >= 0.3 is 6.09 Å². The number of rotatable bonds is 3. The number of likely N-dealkylation sites (tertiary alicyclic amines) is 1. The lowest BCUT2D eigenvalue weighted by Crippen LogP contribution is -2.56. The van der Waals surface area contributed by atoms with E-state index in [1.807, 2.05) is 48.1 Å². The number of carbonyl (C=O) groups is 2. The first-order valence-electron chi connectivity index (χ1n) is 12.2. The molecule has 2 atom stereocenters. The molecule has 2 bridgehead atoms. The second-order valence-electron chi connectivity index (χ2n) is 10.5. The smallest absolute Gasteiger partial charge is 0.410 e. The van der Waals surface area contributed by atoms with Gasteiger partial charge in [-0.05, 0) is 52.2 Å². The summed E-state index contributed by atoms with van der Waals surface area (Å²) in [5.41, 5.74) is 2.16. The molecule has 3 aliphatic heterocycles. The number of oxazole rings is 1. The predicted octanol–water partition coefficient (Wildman–Crippen LogP) is 4.39. The van der Waals surface area contributed by atoms with Crippen LogP contribution >= 0.6 is 11.3 Å². The van der Waals surface area contributed by atoms with Crippen molar-refractivity contribution in [3.05, 3.63) is 29.3 Å². The molecule has 2 unspecified atom stereocenters. The van der Waals surface area contributed by atoms with Crippen LogP contribution in [0.25, 0.3) is 21.7 Å². The minimum Gasteiger partial charge on any atom is -0.444 e. The van der Waals surface area contributed by atoms with Crippen LogP contribution in [0.2, 0.25) is 0 Å². The summed E-state index contributed by atoms with van der Waals surface area (Å²) in [6, 6.07) is 4.33. The van der Waals surface area contributed by atoms with E-state index in [9.17, 15) is 9.59 Å². The molecule has 5 heterocycles. The lowest BCUT2D eigenvalue weighted by molar-refractivity contribution is 0.0120. The molecular weight excluding hydrogens is 466 g/mol. The van der Waals surface area contributed by atoms with Crippen LogP contribution < -0.4 is 4.90 Å². The molecule has 0 saturated carbocycles. The third-order valence-electron chi connectivity index (χ3n) is 6.89. The molecule has 9 nitrogen and oxygen atoms in total. The van der Waals surface area contributed by atoms with E-state index in [0.717, 1.165) is 42.9 Å². The quantitative estimate of drug-likeness (QED) is 0.532. The highest BCUT2D eigenvalue weighted by Gasteiger charge is 2.45. The van der Waals surface area contributed by atoms with E-state index >= 15 is 0 Å². The number of fused-ring (bicyclic) bond motifs is 3. The Balaban J connectivity index is 1.31. The minimum atomic E-state index is -0.522. The number of amides is 2. The molecular formula is C25H29N5O4S. The summed E-state index contributed by atoms with van der Waals surface area (Å²) in [6.07, 6.45) is 4.40. The molecule has 3 aliphatic rings. The summed E-state index contributed by atoms with van der Waals surface area (Å²) in [6.45, 7) is 8.52. The van der Waals surface area contributed by atoms with Crippen molar-refractivity contribution < 1.29 is 18.7 Å². The van der Waals surface area contributed by atoms with Crippen molar-refractivity contribution in [3.8, 4) is 10.6 Å². The molecule has 3 saturated heterocycles. The topological polar surface area (TPSA) is 92.0 Å². The van der Waals surface area contributed by atoms with Gasteiger partial charge in [0.25, 0.3) is 11.9 Å². The molecule has 0 spiro atoms. The molecule has 0 radical (unpaired) electrons. The molecule has 10 heteroatoms. The van der Waals surface area contributed by atoms with Crippen LogP contribution in [-0.2, 0) is 4.74 Å². The third kappa shape index (κ3) is 4.03. The molecule has 0 N–H and O–H groups in total. The molecule has 35 heavy (non-hydrogen) atoms. The molecule has 2 aromatic heterocycles. The van der Waals surface area contributed by atoms with Crippen LogP contribution in [0.5, 0.6) is 0 Å². The molecule has 1 aromatic carbocycles. The number of carbonyl (C=O) groups excluding carboxylic acids is 2. The number of aromatic nitrogens is 2. The fraction of sp³-hybridized carbons (Fsp3) is 0.520. The molecule has 3 aromatic rings. The molecule has 6 rings (SSSR count). The van der Waals surface area contributed by atoms with Crippen LogP contribution in [0.1, 0.15) is 50.4 Å². The Bertz CT molecular complexity index is 1260. The number of anilines is 1. The third-order valence-corrected chi connectivity index (χ3v) is 7.70. The highest BCUT2D eigenvalue weighted by Crippen LogP contribution is 2.38. The molecule has 184 valence electrons. The summed E-state index contributed by atoms with van der Waals surface area (Å²) in [4.78, 5) is 40.9. The van der Waals surface area contributed by atoms with E-state index in [1.165, 1.54) is 11.3 Å². The zero-order valence-electron chi connectivity index (χ0n) is 20.2. The van der Waals surface area contributed by atoms with Gasteiger partial charge in [0.15, 0.2) is 5.58 Å². The standard InChI is InChI=1S/C25H29N5O4S/c1-25(2,3)34-24(32)30-16-5-6-17(30)14-29(13-16)23-27-19-12-15(22(31)28-8-4-9-28)11-18(20(19)33-23)21-26-7-10-35-21/h7,10-12,16-17H,4-6,8-9,13-14H2,1-3H3. The average molecular weight is 496 g/mol. The van der Waals surface area contributed by atoms with Gasteiger partial charge in [0.05, 0.1) is 17.6 Å². The van der Waals surface area contributed by atoms with Gasteiger partial charge in [-0.15, -0.1) is 11.3 Å². The summed E-state index contributed by atoms with van der Waals surface area (Å²) in [5.74, 6) is 0.0181. The van der Waals surface area contributed by atoms with Gasteiger partial charge in [-0.2, -0.15) is 4.98 Å². The van der Waals surface area contributed by atoms with Crippen molar-refractivity contribution in [3.63, 3.8) is 0 Å². The van der Waals surface area contributed by atoms with Crippen LogP contribution in [0, 0.1) is 0 Å².